The van der Waals surface area contributed by atoms with Crippen molar-refractivity contribution < 1.29 is 4.79 Å². The second kappa shape index (κ2) is 7.65. The molecule has 1 saturated heterocycles. The number of aliphatic imine (C=N–C) groups is 1. The molecule has 1 aliphatic rings. The minimum atomic E-state index is -0.220. The Morgan fingerprint density at radius 3 is 3.21 bits per heavy atom. The Bertz CT molecular complexity index is 693. The lowest BCUT2D eigenvalue weighted by Gasteiger charge is -2.34. The highest BCUT2D eigenvalue weighted by atomic mass is 32.1. The number of primary amides is 1. The van der Waals surface area contributed by atoms with E-state index in [9.17, 15) is 4.79 Å². The second-order valence-corrected chi connectivity index (χ2v) is 6.99. The number of carbonyl (C=O) groups excluding carboxylic acids is 1. The van der Waals surface area contributed by atoms with Crippen LogP contribution < -0.4 is 11.1 Å². The van der Waals surface area contributed by atoms with Crippen molar-refractivity contribution in [2.75, 3.05) is 19.6 Å². The maximum atomic E-state index is 11.2. The number of amides is 1. The van der Waals surface area contributed by atoms with Crippen LogP contribution in [0.15, 0.2) is 22.8 Å². The third-order valence-corrected chi connectivity index (χ3v) is 4.95. The van der Waals surface area contributed by atoms with Crippen LogP contribution in [-0.4, -0.2) is 45.8 Å². The number of hydrogen-bond donors (Lipinski definition) is 2. The molecule has 3 heterocycles. The van der Waals surface area contributed by atoms with Crippen LogP contribution >= 0.6 is 11.3 Å². The summed E-state index contributed by atoms with van der Waals surface area (Å²) in [6, 6.07) is 0. The molecular formula is C16H24N6OS. The Hall–Kier alpha value is -2.09. The first-order valence-corrected chi connectivity index (χ1v) is 9.26. The van der Waals surface area contributed by atoms with Gasteiger partial charge in [0.25, 0.3) is 0 Å². The topological polar surface area (TPSA) is 88.0 Å². The van der Waals surface area contributed by atoms with Crippen molar-refractivity contribution >= 4 is 28.2 Å². The highest BCUT2D eigenvalue weighted by Crippen LogP contribution is 2.19. The molecule has 1 unspecified atom stereocenters. The molecule has 130 valence electrons. The third-order valence-electron chi connectivity index (χ3n) is 4.18. The van der Waals surface area contributed by atoms with E-state index >= 15 is 0 Å². The molecule has 1 fully saturated rings. The number of nitrogens with two attached hydrogens (primary N) is 1. The van der Waals surface area contributed by atoms with Gasteiger partial charge in [-0.3, -0.25) is 9.20 Å². The van der Waals surface area contributed by atoms with Gasteiger partial charge in [0.05, 0.1) is 12.2 Å². The number of hydrogen-bond acceptors (Lipinski definition) is 4. The summed E-state index contributed by atoms with van der Waals surface area (Å²) in [5.41, 5.74) is 6.31. The van der Waals surface area contributed by atoms with E-state index in [4.69, 9.17) is 10.7 Å². The first-order valence-electron chi connectivity index (χ1n) is 8.38. The Kier molecular flexibility index (Phi) is 5.34. The van der Waals surface area contributed by atoms with Crippen LogP contribution in [0.2, 0.25) is 0 Å². The summed E-state index contributed by atoms with van der Waals surface area (Å²) >= 11 is 1.62. The van der Waals surface area contributed by atoms with E-state index in [2.05, 4.69) is 22.1 Å². The number of piperidine rings is 1. The number of imidazole rings is 1. The van der Waals surface area contributed by atoms with Gasteiger partial charge in [-0.15, -0.1) is 11.3 Å². The van der Waals surface area contributed by atoms with Crippen LogP contribution in [0, 0.1) is 5.92 Å². The summed E-state index contributed by atoms with van der Waals surface area (Å²) in [5.74, 6) is 0.989. The van der Waals surface area contributed by atoms with Gasteiger partial charge in [0.1, 0.15) is 0 Å². The van der Waals surface area contributed by atoms with Gasteiger partial charge in [-0.2, -0.15) is 0 Å². The molecule has 1 atom stereocenters. The molecule has 0 saturated carbocycles. The molecule has 7 nitrogen and oxygen atoms in total. The quantitative estimate of drug-likeness (QED) is 0.632. The smallest absolute Gasteiger partial charge is 0.217 e. The lowest BCUT2D eigenvalue weighted by Crippen LogP contribution is -2.47. The van der Waals surface area contributed by atoms with E-state index in [1.807, 2.05) is 22.2 Å². The summed E-state index contributed by atoms with van der Waals surface area (Å²) in [6.07, 6.45) is 6.58. The van der Waals surface area contributed by atoms with Crippen LogP contribution in [0.5, 0.6) is 0 Å². The predicted octanol–water partition coefficient (Wildman–Crippen LogP) is 1.45. The summed E-state index contributed by atoms with van der Waals surface area (Å²) in [7, 11) is 0. The standard InChI is InChI=1S/C16H24N6OS/c1-2-18-15(21-5-3-4-12(10-21)8-14(17)23)19-9-13-11-22-6-7-24-16(22)20-13/h6-7,11-12H,2-5,8-10H2,1H3,(H2,17,23)(H,18,19). The van der Waals surface area contributed by atoms with E-state index in [-0.39, 0.29) is 5.91 Å². The lowest BCUT2D eigenvalue weighted by molar-refractivity contribution is -0.119. The fourth-order valence-electron chi connectivity index (χ4n) is 3.14. The maximum Gasteiger partial charge on any atom is 0.217 e. The number of nitrogens with zero attached hydrogens (tertiary/aromatic N) is 4. The molecule has 2 aromatic heterocycles. The molecular weight excluding hydrogens is 324 g/mol. The Labute approximate surface area is 145 Å². The molecule has 1 aliphatic heterocycles. The molecule has 0 radical (unpaired) electrons. The minimum absolute atomic E-state index is 0.220. The molecule has 0 bridgehead atoms. The second-order valence-electron chi connectivity index (χ2n) is 6.12. The van der Waals surface area contributed by atoms with Gasteiger partial charge < -0.3 is 16.0 Å². The summed E-state index contributed by atoms with van der Waals surface area (Å²) in [5, 5.41) is 5.37. The predicted molar refractivity (Wildman–Crippen MR) is 96.0 cm³/mol. The van der Waals surface area contributed by atoms with Gasteiger partial charge in [-0.1, -0.05) is 0 Å². The number of aromatic nitrogens is 2. The highest BCUT2D eigenvalue weighted by Gasteiger charge is 2.23. The molecule has 24 heavy (non-hydrogen) atoms. The summed E-state index contributed by atoms with van der Waals surface area (Å²) in [6.45, 7) is 5.21. The van der Waals surface area contributed by atoms with E-state index in [1.165, 1.54) is 0 Å². The van der Waals surface area contributed by atoms with Crippen LogP contribution in [0.25, 0.3) is 4.96 Å². The van der Waals surface area contributed by atoms with Gasteiger partial charge in [-0.25, -0.2) is 9.98 Å². The Morgan fingerprint density at radius 2 is 2.46 bits per heavy atom. The first kappa shape index (κ1) is 16.8. The van der Waals surface area contributed by atoms with Gasteiger partial charge in [0, 0.05) is 43.8 Å². The van der Waals surface area contributed by atoms with Crippen LogP contribution in [0.4, 0.5) is 0 Å². The number of thiazole rings is 1. The monoisotopic (exact) mass is 348 g/mol. The number of nitrogens with one attached hydrogen (secondary N) is 1. The average molecular weight is 348 g/mol. The molecule has 3 N–H and O–H groups in total. The average Bonchev–Trinajstić information content (AvgIpc) is 3.12. The summed E-state index contributed by atoms with van der Waals surface area (Å²) in [4.78, 5) is 23.7. The van der Waals surface area contributed by atoms with Crippen molar-refractivity contribution in [3.05, 3.63) is 23.5 Å². The third kappa shape index (κ3) is 4.05. The number of fused-ring (bicyclic) bond motifs is 1. The van der Waals surface area contributed by atoms with Gasteiger partial charge in [0.2, 0.25) is 5.91 Å². The van der Waals surface area contributed by atoms with E-state index < -0.39 is 0 Å². The number of guanidine groups is 1. The van der Waals surface area contributed by atoms with Gasteiger partial charge in [0.15, 0.2) is 10.9 Å². The van der Waals surface area contributed by atoms with Crippen molar-refractivity contribution in [2.45, 2.75) is 32.7 Å². The van der Waals surface area contributed by atoms with Crippen LogP contribution in [0.3, 0.4) is 0 Å². The molecule has 0 aromatic carbocycles. The molecule has 0 aliphatic carbocycles. The molecule has 8 heteroatoms. The van der Waals surface area contributed by atoms with Crippen molar-refractivity contribution in [1.29, 1.82) is 0 Å². The van der Waals surface area contributed by atoms with Gasteiger partial charge in [-0.05, 0) is 25.7 Å². The Balaban J connectivity index is 1.68. The SMILES string of the molecule is CCNC(=NCc1cn2ccsc2n1)N1CCCC(CC(N)=O)C1. The lowest BCUT2D eigenvalue weighted by atomic mass is 9.95. The summed E-state index contributed by atoms with van der Waals surface area (Å²) < 4.78 is 2.02. The normalized spacial score (nSPS) is 19.0. The maximum absolute atomic E-state index is 11.2. The number of rotatable bonds is 5. The van der Waals surface area contributed by atoms with Crippen molar-refractivity contribution in [1.82, 2.24) is 19.6 Å². The van der Waals surface area contributed by atoms with Crippen LogP contribution in [-0.2, 0) is 11.3 Å². The van der Waals surface area contributed by atoms with Crippen molar-refractivity contribution in [2.24, 2.45) is 16.6 Å². The van der Waals surface area contributed by atoms with Crippen molar-refractivity contribution in [3.8, 4) is 0 Å². The molecule has 3 rings (SSSR count). The fraction of sp³-hybridized carbons (Fsp3) is 0.562. The molecule has 1 amide bonds. The van der Waals surface area contributed by atoms with E-state index in [0.717, 1.165) is 49.1 Å². The van der Waals surface area contributed by atoms with E-state index in [0.29, 0.717) is 18.9 Å². The number of likely N-dealkylation sites (tertiary alicyclic amines) is 1. The molecule has 0 spiro atoms. The number of carbonyl (C=O) groups is 1. The Morgan fingerprint density at radius 1 is 1.58 bits per heavy atom. The first-order chi connectivity index (χ1) is 11.7. The minimum Gasteiger partial charge on any atom is -0.370 e. The van der Waals surface area contributed by atoms with E-state index in [1.54, 1.807) is 11.3 Å². The zero-order valence-electron chi connectivity index (χ0n) is 13.9. The highest BCUT2D eigenvalue weighted by molar-refractivity contribution is 7.15. The zero-order chi connectivity index (χ0) is 16.9. The molecule has 2 aromatic rings. The fourth-order valence-corrected chi connectivity index (χ4v) is 3.86. The van der Waals surface area contributed by atoms with Gasteiger partial charge >= 0.3 is 0 Å². The largest absolute Gasteiger partial charge is 0.370 e. The van der Waals surface area contributed by atoms with Crippen LogP contribution in [0.1, 0.15) is 31.9 Å². The van der Waals surface area contributed by atoms with Crippen molar-refractivity contribution in [3.63, 3.8) is 0 Å². The zero-order valence-corrected chi connectivity index (χ0v) is 14.8.